The van der Waals surface area contributed by atoms with Gasteiger partial charge in [-0.15, -0.1) is 11.3 Å². The number of carbonyl (C=O) groups excluding carboxylic acids is 2. The van der Waals surface area contributed by atoms with Crippen LogP contribution in [0.5, 0.6) is 0 Å². The Morgan fingerprint density at radius 1 is 1.21 bits per heavy atom. The first-order valence-electron chi connectivity index (χ1n) is 9.23. The summed E-state index contributed by atoms with van der Waals surface area (Å²) in [6.45, 7) is 6.09. The predicted octanol–water partition coefficient (Wildman–Crippen LogP) is 3.12. The van der Waals surface area contributed by atoms with Gasteiger partial charge in [0.15, 0.2) is 0 Å². The highest BCUT2D eigenvalue weighted by molar-refractivity contribution is 7.12. The second-order valence-electron chi connectivity index (χ2n) is 6.93. The Labute approximate surface area is 167 Å². The molecule has 6 nitrogen and oxygen atoms in total. The van der Waals surface area contributed by atoms with Crippen molar-refractivity contribution in [3.63, 3.8) is 0 Å². The van der Waals surface area contributed by atoms with Crippen LogP contribution in [0.1, 0.15) is 23.5 Å². The molecule has 3 rings (SSSR count). The highest BCUT2D eigenvalue weighted by Gasteiger charge is 2.25. The van der Waals surface area contributed by atoms with Crippen molar-refractivity contribution >= 4 is 34.5 Å². The maximum Gasteiger partial charge on any atom is 0.262 e. The number of hydrogen-bond donors (Lipinski definition) is 2. The number of hydrogen-bond acceptors (Lipinski definition) is 5. The average Bonchev–Trinajstić information content (AvgIpc) is 3.21. The Morgan fingerprint density at radius 3 is 2.57 bits per heavy atom. The number of ether oxygens (including phenoxy) is 1. The largest absolute Gasteiger partial charge is 0.378 e. The molecule has 0 bridgehead atoms. The topological polar surface area (TPSA) is 70.7 Å². The second-order valence-corrected chi connectivity index (χ2v) is 7.88. The summed E-state index contributed by atoms with van der Waals surface area (Å²) < 4.78 is 19.8. The van der Waals surface area contributed by atoms with Crippen molar-refractivity contribution in [1.82, 2.24) is 5.32 Å². The smallest absolute Gasteiger partial charge is 0.262 e. The standard InChI is InChI=1S/C20H24FN3O3S/c1-13(2)18(23-19(25)17-4-3-11-28-17)20(26)22-14-5-6-16(15(21)12-14)24-7-9-27-10-8-24/h3-6,11-13,18H,7-10H2,1-2H3,(H,22,26)(H,23,25). The fraction of sp³-hybridized carbons (Fsp3) is 0.400. The summed E-state index contributed by atoms with van der Waals surface area (Å²) in [4.78, 5) is 27.4. The van der Waals surface area contributed by atoms with E-state index >= 15 is 0 Å². The van der Waals surface area contributed by atoms with Crippen LogP contribution in [0.2, 0.25) is 0 Å². The molecule has 2 N–H and O–H groups in total. The third-order valence-electron chi connectivity index (χ3n) is 4.55. The van der Waals surface area contributed by atoms with E-state index in [1.165, 1.54) is 17.4 Å². The number of thiophene rings is 1. The fourth-order valence-corrected chi connectivity index (χ4v) is 3.65. The summed E-state index contributed by atoms with van der Waals surface area (Å²) in [7, 11) is 0. The highest BCUT2D eigenvalue weighted by Crippen LogP contribution is 2.24. The van der Waals surface area contributed by atoms with Gasteiger partial charge in [0.2, 0.25) is 5.91 Å². The van der Waals surface area contributed by atoms with Crippen molar-refractivity contribution in [1.29, 1.82) is 0 Å². The average molecular weight is 405 g/mol. The lowest BCUT2D eigenvalue weighted by Gasteiger charge is -2.29. The van der Waals surface area contributed by atoms with Gasteiger partial charge in [0, 0.05) is 18.8 Å². The van der Waals surface area contributed by atoms with E-state index in [4.69, 9.17) is 4.74 Å². The molecule has 0 aliphatic carbocycles. The molecule has 150 valence electrons. The molecule has 2 amide bonds. The van der Waals surface area contributed by atoms with Crippen molar-refractivity contribution in [3.05, 3.63) is 46.4 Å². The summed E-state index contributed by atoms with van der Waals surface area (Å²) in [5.74, 6) is -1.19. The zero-order valence-electron chi connectivity index (χ0n) is 15.9. The van der Waals surface area contributed by atoms with E-state index in [2.05, 4.69) is 10.6 Å². The minimum absolute atomic E-state index is 0.124. The lowest BCUT2D eigenvalue weighted by Crippen LogP contribution is -2.47. The summed E-state index contributed by atoms with van der Waals surface area (Å²) in [6.07, 6.45) is 0. The van der Waals surface area contributed by atoms with Gasteiger partial charge >= 0.3 is 0 Å². The van der Waals surface area contributed by atoms with Crippen molar-refractivity contribution in [2.24, 2.45) is 5.92 Å². The zero-order chi connectivity index (χ0) is 20.1. The van der Waals surface area contributed by atoms with E-state index < -0.39 is 11.9 Å². The van der Waals surface area contributed by atoms with Gasteiger partial charge in [-0.3, -0.25) is 9.59 Å². The molecule has 0 spiro atoms. The van der Waals surface area contributed by atoms with Crippen LogP contribution in [0, 0.1) is 11.7 Å². The minimum Gasteiger partial charge on any atom is -0.378 e. The number of morpholine rings is 1. The molecule has 0 radical (unpaired) electrons. The van der Waals surface area contributed by atoms with Gasteiger partial charge in [-0.2, -0.15) is 0 Å². The van der Waals surface area contributed by atoms with Crippen LogP contribution in [0.4, 0.5) is 15.8 Å². The van der Waals surface area contributed by atoms with Crippen LogP contribution >= 0.6 is 11.3 Å². The van der Waals surface area contributed by atoms with Gasteiger partial charge in [-0.05, 0) is 35.6 Å². The number of carbonyl (C=O) groups is 2. The molecule has 0 saturated carbocycles. The van der Waals surface area contributed by atoms with E-state index in [0.717, 1.165) is 0 Å². The number of benzene rings is 1. The van der Waals surface area contributed by atoms with Crippen LogP contribution in [-0.2, 0) is 9.53 Å². The summed E-state index contributed by atoms with van der Waals surface area (Å²) >= 11 is 1.31. The third-order valence-corrected chi connectivity index (χ3v) is 5.42. The Bertz CT molecular complexity index is 820. The van der Waals surface area contributed by atoms with Crippen LogP contribution in [0.25, 0.3) is 0 Å². The van der Waals surface area contributed by atoms with E-state index in [1.807, 2.05) is 18.7 Å². The van der Waals surface area contributed by atoms with Gasteiger partial charge in [0.25, 0.3) is 5.91 Å². The van der Waals surface area contributed by atoms with Crippen LogP contribution in [-0.4, -0.2) is 44.2 Å². The summed E-state index contributed by atoms with van der Waals surface area (Å²) in [5, 5.41) is 7.28. The molecule has 1 aliphatic rings. The van der Waals surface area contributed by atoms with Crippen molar-refractivity contribution in [3.8, 4) is 0 Å². The van der Waals surface area contributed by atoms with Crippen molar-refractivity contribution in [2.75, 3.05) is 36.5 Å². The molecule has 1 unspecified atom stereocenters. The highest BCUT2D eigenvalue weighted by atomic mass is 32.1. The van der Waals surface area contributed by atoms with Crippen LogP contribution in [0.15, 0.2) is 35.7 Å². The van der Waals surface area contributed by atoms with Crippen LogP contribution in [0.3, 0.4) is 0 Å². The van der Waals surface area contributed by atoms with E-state index in [-0.39, 0.29) is 17.7 Å². The molecule has 8 heteroatoms. The quantitative estimate of drug-likeness (QED) is 0.775. The summed E-state index contributed by atoms with van der Waals surface area (Å²) in [6, 6.07) is 7.39. The minimum atomic E-state index is -0.725. The molecule has 28 heavy (non-hydrogen) atoms. The number of halogens is 1. The number of rotatable bonds is 6. The van der Waals surface area contributed by atoms with Crippen molar-refractivity contribution in [2.45, 2.75) is 19.9 Å². The molecule has 1 aliphatic heterocycles. The van der Waals surface area contributed by atoms with Gasteiger partial charge in [0.05, 0.1) is 23.8 Å². The number of nitrogens with zero attached hydrogens (tertiary/aromatic N) is 1. The lowest BCUT2D eigenvalue weighted by atomic mass is 10.0. The molecule has 2 heterocycles. The van der Waals surface area contributed by atoms with Crippen molar-refractivity contribution < 1.29 is 18.7 Å². The van der Waals surface area contributed by atoms with E-state index in [9.17, 15) is 14.0 Å². The van der Waals surface area contributed by atoms with Gasteiger partial charge in [-0.25, -0.2) is 4.39 Å². The molecular formula is C20H24FN3O3S. The van der Waals surface area contributed by atoms with Gasteiger partial charge < -0.3 is 20.3 Å². The predicted molar refractivity (Wildman–Crippen MR) is 108 cm³/mol. The first-order chi connectivity index (χ1) is 13.5. The normalized spacial score (nSPS) is 15.4. The molecule has 1 atom stereocenters. The molecule has 1 aromatic heterocycles. The van der Waals surface area contributed by atoms with E-state index in [1.54, 1.807) is 29.6 Å². The Hall–Kier alpha value is -2.45. The Morgan fingerprint density at radius 2 is 1.96 bits per heavy atom. The molecule has 1 saturated heterocycles. The Kier molecular flexibility index (Phi) is 6.64. The third kappa shape index (κ3) is 4.88. The second kappa shape index (κ2) is 9.16. The maximum absolute atomic E-state index is 14.5. The van der Waals surface area contributed by atoms with Gasteiger partial charge in [-0.1, -0.05) is 19.9 Å². The first-order valence-corrected chi connectivity index (χ1v) is 10.1. The van der Waals surface area contributed by atoms with Crippen LogP contribution < -0.4 is 15.5 Å². The molecule has 2 aromatic rings. The first kappa shape index (κ1) is 20.3. The SMILES string of the molecule is CC(C)C(NC(=O)c1cccs1)C(=O)Nc1ccc(N2CCOCC2)c(F)c1. The summed E-state index contributed by atoms with van der Waals surface area (Å²) in [5.41, 5.74) is 0.850. The number of anilines is 2. The molecule has 1 fully saturated rings. The zero-order valence-corrected chi connectivity index (χ0v) is 16.7. The maximum atomic E-state index is 14.5. The number of amides is 2. The Balaban J connectivity index is 1.67. The fourth-order valence-electron chi connectivity index (χ4n) is 3.02. The van der Waals surface area contributed by atoms with Gasteiger partial charge in [0.1, 0.15) is 11.9 Å². The lowest BCUT2D eigenvalue weighted by molar-refractivity contribution is -0.118. The molecular weight excluding hydrogens is 381 g/mol. The molecule has 1 aromatic carbocycles. The number of nitrogens with one attached hydrogen (secondary N) is 2. The van der Waals surface area contributed by atoms with E-state index in [0.29, 0.717) is 42.6 Å². The monoisotopic (exact) mass is 405 g/mol.